The Morgan fingerprint density at radius 2 is 1.58 bits per heavy atom. The highest BCUT2D eigenvalue weighted by Gasteiger charge is 2.25. The van der Waals surface area contributed by atoms with E-state index in [9.17, 15) is 13.9 Å². The van der Waals surface area contributed by atoms with Gasteiger partial charge >= 0.3 is 0 Å². The van der Waals surface area contributed by atoms with Crippen LogP contribution in [0.25, 0.3) is 0 Å². The number of aliphatic hydroxyl groups is 1. The second-order valence-corrected chi connectivity index (χ2v) is 7.98. The normalized spacial score (nSPS) is 17.5. The van der Waals surface area contributed by atoms with E-state index in [0.717, 1.165) is 17.2 Å². The largest absolute Gasteiger partial charge is 0.389 e. The number of hydrogen-bond acceptors (Lipinski definition) is 4. The van der Waals surface area contributed by atoms with Crippen LogP contribution in [0.4, 0.5) is 8.78 Å². The van der Waals surface area contributed by atoms with Crippen molar-refractivity contribution in [1.29, 1.82) is 0 Å². The summed E-state index contributed by atoms with van der Waals surface area (Å²) in [6.45, 7) is 2.16. The van der Waals surface area contributed by atoms with Crippen LogP contribution in [0.15, 0.2) is 78.9 Å². The molecule has 0 radical (unpaired) electrons. The van der Waals surface area contributed by atoms with E-state index in [0.29, 0.717) is 31.8 Å². The fourth-order valence-corrected chi connectivity index (χ4v) is 3.98. The molecule has 1 aliphatic heterocycles. The average Bonchev–Trinajstić information content (AvgIpc) is 2.82. The first-order valence-electron chi connectivity index (χ1n) is 10.8. The molecule has 0 bridgehead atoms. The molecule has 0 saturated carbocycles. The molecule has 0 aromatic heterocycles. The minimum absolute atomic E-state index is 0. The third-order valence-corrected chi connectivity index (χ3v) is 5.59. The van der Waals surface area contributed by atoms with Gasteiger partial charge in [-0.3, -0.25) is 4.90 Å². The standard InChI is InChI=1S/C26H27F2NO3.ClH/c27-23-12-11-21(15-24(23)28)25-17-29(13-14-31-25)16-22(30)18-32-26(19-7-3-1-4-8-19)20-9-5-2-6-10-20;/h1-12,15,22,25-26,30H,13-14,16-18H2;1H. The number of nitrogens with zero attached hydrogens (tertiary/aromatic N) is 1. The number of aliphatic hydroxyl groups excluding tert-OH is 1. The Hall–Kier alpha value is -2.35. The molecule has 0 amide bonds. The van der Waals surface area contributed by atoms with Crippen LogP contribution in [-0.2, 0) is 9.47 Å². The van der Waals surface area contributed by atoms with Gasteiger partial charge in [-0.1, -0.05) is 66.7 Å². The van der Waals surface area contributed by atoms with E-state index in [1.165, 1.54) is 12.1 Å². The molecular formula is C26H28ClF2NO3. The molecule has 1 saturated heterocycles. The molecule has 1 fully saturated rings. The summed E-state index contributed by atoms with van der Waals surface area (Å²) in [6, 6.07) is 23.7. The van der Waals surface area contributed by atoms with E-state index in [-0.39, 0.29) is 31.2 Å². The van der Waals surface area contributed by atoms with Gasteiger partial charge in [0.25, 0.3) is 0 Å². The minimum atomic E-state index is -0.885. The number of hydrogen-bond donors (Lipinski definition) is 1. The van der Waals surface area contributed by atoms with Gasteiger partial charge in [-0.25, -0.2) is 8.78 Å². The molecule has 3 aromatic rings. The van der Waals surface area contributed by atoms with Crippen molar-refractivity contribution in [2.75, 3.05) is 32.8 Å². The summed E-state index contributed by atoms with van der Waals surface area (Å²) in [5.74, 6) is -1.76. The highest BCUT2D eigenvalue weighted by molar-refractivity contribution is 5.85. The molecule has 1 aliphatic rings. The molecular weight excluding hydrogens is 448 g/mol. The monoisotopic (exact) mass is 475 g/mol. The zero-order valence-electron chi connectivity index (χ0n) is 18.1. The first-order chi connectivity index (χ1) is 15.6. The Labute approximate surface area is 199 Å². The molecule has 3 aromatic carbocycles. The first-order valence-corrected chi connectivity index (χ1v) is 10.8. The number of halogens is 3. The van der Waals surface area contributed by atoms with Gasteiger partial charge in [0.2, 0.25) is 0 Å². The Balaban J connectivity index is 0.00000306. The van der Waals surface area contributed by atoms with Gasteiger partial charge in [0.15, 0.2) is 11.6 Å². The third kappa shape index (κ3) is 6.82. The van der Waals surface area contributed by atoms with Gasteiger partial charge in [-0.15, -0.1) is 12.4 Å². The Morgan fingerprint density at radius 1 is 0.939 bits per heavy atom. The lowest BCUT2D eigenvalue weighted by Crippen LogP contribution is -2.43. The highest BCUT2D eigenvalue weighted by Crippen LogP contribution is 2.27. The van der Waals surface area contributed by atoms with Crippen molar-refractivity contribution in [2.45, 2.75) is 18.3 Å². The maximum atomic E-state index is 13.6. The second kappa shape index (κ2) is 12.2. The Bertz CT molecular complexity index is 954. The molecule has 1 N–H and O–H groups in total. The number of benzene rings is 3. The molecule has 0 spiro atoms. The SMILES string of the molecule is Cl.OC(COC(c1ccccc1)c1ccccc1)CN1CCOC(c2ccc(F)c(F)c2)C1. The molecule has 2 atom stereocenters. The molecule has 2 unspecified atom stereocenters. The quantitative estimate of drug-likeness (QED) is 0.502. The maximum absolute atomic E-state index is 13.6. The van der Waals surface area contributed by atoms with Gasteiger partial charge in [0.05, 0.1) is 25.4 Å². The smallest absolute Gasteiger partial charge is 0.159 e. The van der Waals surface area contributed by atoms with Crippen molar-refractivity contribution in [3.63, 3.8) is 0 Å². The number of rotatable bonds is 8. The number of morpholine rings is 1. The van der Waals surface area contributed by atoms with Crippen molar-refractivity contribution in [3.8, 4) is 0 Å². The van der Waals surface area contributed by atoms with E-state index < -0.39 is 17.7 Å². The fourth-order valence-electron chi connectivity index (χ4n) is 3.98. The van der Waals surface area contributed by atoms with E-state index in [1.54, 1.807) is 0 Å². The van der Waals surface area contributed by atoms with Gasteiger partial charge in [-0.05, 0) is 28.8 Å². The predicted molar refractivity (Wildman–Crippen MR) is 125 cm³/mol. The van der Waals surface area contributed by atoms with Crippen LogP contribution in [0.1, 0.15) is 28.9 Å². The van der Waals surface area contributed by atoms with Gasteiger partial charge < -0.3 is 14.6 Å². The molecule has 176 valence electrons. The molecule has 0 aliphatic carbocycles. The zero-order chi connectivity index (χ0) is 22.3. The van der Waals surface area contributed by atoms with Gasteiger partial charge in [-0.2, -0.15) is 0 Å². The Morgan fingerprint density at radius 3 is 2.18 bits per heavy atom. The summed E-state index contributed by atoms with van der Waals surface area (Å²) in [6.07, 6.45) is -1.34. The van der Waals surface area contributed by atoms with Crippen molar-refractivity contribution in [3.05, 3.63) is 107 Å². The number of ether oxygens (including phenoxy) is 2. The van der Waals surface area contributed by atoms with E-state index in [2.05, 4.69) is 4.90 Å². The third-order valence-electron chi connectivity index (χ3n) is 5.59. The lowest BCUT2D eigenvalue weighted by atomic mass is 10.0. The molecule has 4 nitrogen and oxygen atoms in total. The van der Waals surface area contributed by atoms with Crippen molar-refractivity contribution >= 4 is 12.4 Å². The van der Waals surface area contributed by atoms with E-state index >= 15 is 0 Å². The topological polar surface area (TPSA) is 41.9 Å². The van der Waals surface area contributed by atoms with Crippen LogP contribution in [0, 0.1) is 11.6 Å². The summed E-state index contributed by atoms with van der Waals surface area (Å²) in [5, 5.41) is 10.7. The Kier molecular flexibility index (Phi) is 9.35. The summed E-state index contributed by atoms with van der Waals surface area (Å²) >= 11 is 0. The first kappa shape index (κ1) is 25.3. The van der Waals surface area contributed by atoms with E-state index in [4.69, 9.17) is 9.47 Å². The summed E-state index contributed by atoms with van der Waals surface area (Å²) in [5.41, 5.74) is 2.64. The van der Waals surface area contributed by atoms with Crippen LogP contribution in [0.2, 0.25) is 0 Å². The van der Waals surface area contributed by atoms with Gasteiger partial charge in [0.1, 0.15) is 6.10 Å². The molecule has 4 rings (SSSR count). The van der Waals surface area contributed by atoms with Gasteiger partial charge in [0, 0.05) is 19.6 Å². The van der Waals surface area contributed by atoms with Crippen LogP contribution in [-0.4, -0.2) is 49.0 Å². The van der Waals surface area contributed by atoms with Crippen molar-refractivity contribution < 1.29 is 23.4 Å². The summed E-state index contributed by atoms with van der Waals surface area (Å²) in [7, 11) is 0. The molecule has 7 heteroatoms. The van der Waals surface area contributed by atoms with E-state index in [1.807, 2.05) is 60.7 Å². The van der Waals surface area contributed by atoms with Crippen molar-refractivity contribution in [1.82, 2.24) is 4.90 Å². The fraction of sp³-hybridized carbons (Fsp3) is 0.308. The molecule has 1 heterocycles. The average molecular weight is 476 g/mol. The lowest BCUT2D eigenvalue weighted by Gasteiger charge is -2.34. The maximum Gasteiger partial charge on any atom is 0.159 e. The minimum Gasteiger partial charge on any atom is -0.389 e. The summed E-state index contributed by atoms with van der Waals surface area (Å²) in [4.78, 5) is 2.06. The lowest BCUT2D eigenvalue weighted by molar-refractivity contribution is -0.0575. The van der Waals surface area contributed by atoms with Crippen LogP contribution < -0.4 is 0 Å². The zero-order valence-corrected chi connectivity index (χ0v) is 19.0. The summed E-state index contributed by atoms with van der Waals surface area (Å²) < 4.78 is 38.7. The van der Waals surface area contributed by atoms with Crippen molar-refractivity contribution in [2.24, 2.45) is 0 Å². The predicted octanol–water partition coefficient (Wildman–Crippen LogP) is 4.93. The highest BCUT2D eigenvalue weighted by atomic mass is 35.5. The number of β-amino-alcohol motifs (C(OH)–C–C–N with tert-alkyl or cyclic N) is 1. The molecule has 33 heavy (non-hydrogen) atoms. The van der Waals surface area contributed by atoms with Crippen LogP contribution in [0.5, 0.6) is 0 Å². The second-order valence-electron chi connectivity index (χ2n) is 7.98. The van der Waals surface area contributed by atoms with Crippen LogP contribution >= 0.6 is 12.4 Å². The van der Waals surface area contributed by atoms with Crippen LogP contribution in [0.3, 0.4) is 0 Å².